The Morgan fingerprint density at radius 2 is 2.35 bits per heavy atom. The molecule has 17 heavy (non-hydrogen) atoms. The molecule has 3 N–H and O–H groups in total. The Kier molecular flexibility index (Phi) is 3.39. The van der Waals surface area contributed by atoms with Gasteiger partial charge in [-0.3, -0.25) is 4.79 Å². The predicted molar refractivity (Wildman–Crippen MR) is 68.9 cm³/mol. The fourth-order valence-corrected chi connectivity index (χ4v) is 2.17. The summed E-state index contributed by atoms with van der Waals surface area (Å²) in [5.41, 5.74) is 7.99. The van der Waals surface area contributed by atoms with E-state index in [1.54, 1.807) is 23.5 Å². The molecule has 0 aliphatic rings. The molecule has 0 saturated carbocycles. The summed E-state index contributed by atoms with van der Waals surface area (Å²) in [5, 5.41) is 6.83. The van der Waals surface area contributed by atoms with Gasteiger partial charge in [0.2, 0.25) is 0 Å². The van der Waals surface area contributed by atoms with Crippen molar-refractivity contribution in [1.82, 2.24) is 10.3 Å². The van der Waals surface area contributed by atoms with Crippen molar-refractivity contribution in [3.05, 3.63) is 45.8 Å². The van der Waals surface area contributed by atoms with Crippen LogP contribution in [0.2, 0.25) is 0 Å². The number of thiophene rings is 1. The first-order chi connectivity index (χ1) is 8.15. The Morgan fingerprint density at radius 1 is 1.53 bits per heavy atom. The van der Waals surface area contributed by atoms with Gasteiger partial charge in [-0.15, -0.1) is 0 Å². The van der Waals surface area contributed by atoms with Crippen molar-refractivity contribution in [2.45, 2.75) is 13.5 Å². The highest BCUT2D eigenvalue weighted by atomic mass is 32.1. The number of nitrogens with two attached hydrogens (primary N) is 1. The van der Waals surface area contributed by atoms with Crippen LogP contribution in [0.25, 0.3) is 0 Å². The number of nitrogens with zero attached hydrogens (tertiary/aromatic N) is 1. The van der Waals surface area contributed by atoms with Crippen LogP contribution in [0.5, 0.6) is 0 Å². The first kappa shape index (κ1) is 11.6. The van der Waals surface area contributed by atoms with Crippen LogP contribution < -0.4 is 11.1 Å². The van der Waals surface area contributed by atoms with Gasteiger partial charge in [0.05, 0.1) is 0 Å². The summed E-state index contributed by atoms with van der Waals surface area (Å²) in [6.45, 7) is 2.34. The van der Waals surface area contributed by atoms with Gasteiger partial charge in [0.25, 0.3) is 5.91 Å². The number of hydrogen-bond donors (Lipinski definition) is 2. The molecule has 1 amide bonds. The van der Waals surface area contributed by atoms with Crippen molar-refractivity contribution in [3.8, 4) is 0 Å². The van der Waals surface area contributed by atoms with E-state index in [1.165, 1.54) is 0 Å². The summed E-state index contributed by atoms with van der Waals surface area (Å²) in [7, 11) is 0. The van der Waals surface area contributed by atoms with Gasteiger partial charge in [-0.2, -0.15) is 11.3 Å². The van der Waals surface area contributed by atoms with E-state index in [9.17, 15) is 4.79 Å². The SMILES string of the molecule is Cc1cc(C(=O)NCc2ccsc2)cc(N)n1. The quantitative estimate of drug-likeness (QED) is 0.871. The molecular weight excluding hydrogens is 234 g/mol. The van der Waals surface area contributed by atoms with Crippen molar-refractivity contribution in [3.63, 3.8) is 0 Å². The molecule has 0 aliphatic heterocycles. The van der Waals surface area contributed by atoms with E-state index in [1.807, 2.05) is 23.8 Å². The lowest BCUT2D eigenvalue weighted by atomic mass is 10.2. The van der Waals surface area contributed by atoms with Gasteiger partial charge in [0.15, 0.2) is 0 Å². The van der Waals surface area contributed by atoms with E-state index < -0.39 is 0 Å². The van der Waals surface area contributed by atoms with E-state index in [4.69, 9.17) is 5.73 Å². The van der Waals surface area contributed by atoms with Crippen molar-refractivity contribution in [1.29, 1.82) is 0 Å². The zero-order chi connectivity index (χ0) is 12.3. The maximum Gasteiger partial charge on any atom is 0.251 e. The number of pyridine rings is 1. The molecule has 2 rings (SSSR count). The van der Waals surface area contributed by atoms with Gasteiger partial charge in [-0.25, -0.2) is 4.98 Å². The number of anilines is 1. The van der Waals surface area contributed by atoms with Crippen molar-refractivity contribution < 1.29 is 4.79 Å². The lowest BCUT2D eigenvalue weighted by molar-refractivity contribution is 0.0951. The minimum atomic E-state index is -0.131. The standard InChI is InChI=1S/C12H13N3OS/c1-8-4-10(5-11(13)15-8)12(16)14-6-9-2-3-17-7-9/h2-5,7H,6H2,1H3,(H2,13,15)(H,14,16). The third kappa shape index (κ3) is 3.04. The molecule has 0 aromatic carbocycles. The number of nitrogens with one attached hydrogen (secondary N) is 1. The van der Waals surface area contributed by atoms with Gasteiger partial charge in [0, 0.05) is 17.8 Å². The summed E-state index contributed by atoms with van der Waals surface area (Å²) in [4.78, 5) is 15.9. The van der Waals surface area contributed by atoms with Crippen LogP contribution in [0.15, 0.2) is 29.0 Å². The van der Waals surface area contributed by atoms with Crippen molar-refractivity contribution in [2.24, 2.45) is 0 Å². The van der Waals surface area contributed by atoms with E-state index in [0.717, 1.165) is 11.3 Å². The largest absolute Gasteiger partial charge is 0.384 e. The Labute approximate surface area is 103 Å². The van der Waals surface area contributed by atoms with E-state index >= 15 is 0 Å². The second-order valence-corrected chi connectivity index (χ2v) is 4.52. The molecule has 2 aromatic heterocycles. The number of aromatic nitrogens is 1. The maximum absolute atomic E-state index is 11.9. The number of amides is 1. The predicted octanol–water partition coefficient (Wildman–Crippen LogP) is 1.96. The number of rotatable bonds is 3. The van der Waals surface area contributed by atoms with Gasteiger partial charge in [-0.1, -0.05) is 0 Å². The molecule has 0 radical (unpaired) electrons. The topological polar surface area (TPSA) is 68.0 Å². The molecule has 2 heterocycles. The summed E-state index contributed by atoms with van der Waals surface area (Å²) < 4.78 is 0. The number of carbonyl (C=O) groups is 1. The third-order valence-corrected chi connectivity index (χ3v) is 3.00. The third-order valence-electron chi connectivity index (χ3n) is 2.27. The fraction of sp³-hybridized carbons (Fsp3) is 0.167. The van der Waals surface area contributed by atoms with E-state index in [2.05, 4.69) is 10.3 Å². The van der Waals surface area contributed by atoms with Crippen LogP contribution in [0.1, 0.15) is 21.6 Å². The monoisotopic (exact) mass is 247 g/mol. The highest BCUT2D eigenvalue weighted by Gasteiger charge is 2.07. The first-order valence-corrected chi connectivity index (χ1v) is 6.13. The second-order valence-electron chi connectivity index (χ2n) is 3.74. The lowest BCUT2D eigenvalue weighted by Gasteiger charge is -2.05. The number of hydrogen-bond acceptors (Lipinski definition) is 4. The highest BCUT2D eigenvalue weighted by molar-refractivity contribution is 7.07. The molecular formula is C12H13N3OS. The average Bonchev–Trinajstić information content (AvgIpc) is 2.77. The molecule has 0 bridgehead atoms. The molecule has 0 spiro atoms. The van der Waals surface area contributed by atoms with Crippen LogP contribution in [0.3, 0.4) is 0 Å². The van der Waals surface area contributed by atoms with Crippen LogP contribution >= 0.6 is 11.3 Å². The summed E-state index contributed by atoms with van der Waals surface area (Å²) in [6.07, 6.45) is 0. The second kappa shape index (κ2) is 4.97. The fourth-order valence-electron chi connectivity index (χ4n) is 1.50. The van der Waals surface area contributed by atoms with Crippen molar-refractivity contribution >= 4 is 23.1 Å². The first-order valence-electron chi connectivity index (χ1n) is 5.18. The van der Waals surface area contributed by atoms with E-state index in [0.29, 0.717) is 17.9 Å². The Hall–Kier alpha value is -1.88. The molecule has 0 atom stereocenters. The highest BCUT2D eigenvalue weighted by Crippen LogP contribution is 2.08. The molecule has 0 aliphatic carbocycles. The van der Waals surface area contributed by atoms with Gasteiger partial charge < -0.3 is 11.1 Å². The molecule has 88 valence electrons. The molecule has 2 aromatic rings. The zero-order valence-electron chi connectivity index (χ0n) is 9.43. The van der Waals surface area contributed by atoms with Gasteiger partial charge in [-0.05, 0) is 41.4 Å². The summed E-state index contributed by atoms with van der Waals surface area (Å²) >= 11 is 1.61. The Bertz CT molecular complexity index is 502. The minimum Gasteiger partial charge on any atom is -0.384 e. The molecule has 0 unspecified atom stereocenters. The zero-order valence-corrected chi connectivity index (χ0v) is 10.3. The smallest absolute Gasteiger partial charge is 0.251 e. The summed E-state index contributed by atoms with van der Waals surface area (Å²) in [6, 6.07) is 5.28. The molecule has 0 saturated heterocycles. The number of carbonyl (C=O) groups excluding carboxylic acids is 1. The summed E-state index contributed by atoms with van der Waals surface area (Å²) in [5.74, 6) is 0.235. The lowest BCUT2D eigenvalue weighted by Crippen LogP contribution is -2.22. The minimum absolute atomic E-state index is 0.131. The van der Waals surface area contributed by atoms with Crippen LogP contribution in [0, 0.1) is 6.92 Å². The normalized spacial score (nSPS) is 10.2. The number of nitrogen functional groups attached to an aromatic ring is 1. The van der Waals surface area contributed by atoms with Crippen LogP contribution in [-0.2, 0) is 6.54 Å². The average molecular weight is 247 g/mol. The van der Waals surface area contributed by atoms with Crippen LogP contribution in [-0.4, -0.2) is 10.9 Å². The number of aryl methyl sites for hydroxylation is 1. The molecule has 5 heteroatoms. The van der Waals surface area contributed by atoms with Gasteiger partial charge in [0.1, 0.15) is 5.82 Å². The van der Waals surface area contributed by atoms with Crippen LogP contribution in [0.4, 0.5) is 5.82 Å². The van der Waals surface area contributed by atoms with E-state index in [-0.39, 0.29) is 5.91 Å². The Morgan fingerprint density at radius 3 is 3.00 bits per heavy atom. The maximum atomic E-state index is 11.9. The van der Waals surface area contributed by atoms with Gasteiger partial charge >= 0.3 is 0 Å². The Balaban J connectivity index is 2.04. The molecule has 4 nitrogen and oxygen atoms in total. The van der Waals surface area contributed by atoms with Crippen molar-refractivity contribution in [2.75, 3.05) is 5.73 Å². The molecule has 0 fully saturated rings.